The van der Waals surface area contributed by atoms with Crippen LogP contribution in [0, 0.1) is 11.3 Å². The van der Waals surface area contributed by atoms with E-state index in [-0.39, 0.29) is 0 Å². The van der Waals surface area contributed by atoms with E-state index >= 15 is 0 Å². The fraction of sp³-hybridized carbons (Fsp3) is 0.875. The lowest BCUT2D eigenvalue weighted by Gasteiger charge is -2.08. The summed E-state index contributed by atoms with van der Waals surface area (Å²) in [4.78, 5) is 0. The minimum absolute atomic E-state index is 0.481. The molecule has 1 aliphatic heterocycles. The van der Waals surface area contributed by atoms with Crippen molar-refractivity contribution in [3.05, 3.63) is 0 Å². The molecule has 1 heterocycles. The van der Waals surface area contributed by atoms with Gasteiger partial charge in [-0.15, -0.1) is 0 Å². The highest BCUT2D eigenvalue weighted by molar-refractivity contribution is 4.88. The summed E-state index contributed by atoms with van der Waals surface area (Å²) in [5, 5.41) is 11.8. The first-order valence-electron chi connectivity index (χ1n) is 3.99. The van der Waals surface area contributed by atoms with Crippen LogP contribution in [0.15, 0.2) is 0 Å². The predicted molar refractivity (Wildman–Crippen MR) is 40.5 cm³/mol. The monoisotopic (exact) mass is 138 g/mol. The number of nitriles is 1. The van der Waals surface area contributed by atoms with Crippen LogP contribution in [0.3, 0.4) is 0 Å². The van der Waals surface area contributed by atoms with Crippen LogP contribution in [-0.4, -0.2) is 12.1 Å². The molecule has 1 fully saturated rings. The van der Waals surface area contributed by atoms with Crippen molar-refractivity contribution in [2.75, 3.05) is 0 Å². The second kappa shape index (κ2) is 3.58. The first-order valence-corrected chi connectivity index (χ1v) is 3.99. The lowest BCUT2D eigenvalue weighted by molar-refractivity contribution is 0.531. The highest BCUT2D eigenvalue weighted by atomic mass is 15.0. The summed E-state index contributed by atoms with van der Waals surface area (Å²) in [6, 6.07) is 3.35. The molecule has 0 aromatic rings. The number of rotatable bonds is 2. The molecule has 0 amide bonds. The van der Waals surface area contributed by atoms with Crippen molar-refractivity contribution in [2.24, 2.45) is 0 Å². The molecular weight excluding hydrogens is 124 g/mol. The number of nitrogens with zero attached hydrogens (tertiary/aromatic N) is 1. The van der Waals surface area contributed by atoms with Crippen molar-refractivity contribution < 1.29 is 0 Å². The maximum absolute atomic E-state index is 8.40. The van der Waals surface area contributed by atoms with Crippen LogP contribution >= 0.6 is 0 Å². The van der Waals surface area contributed by atoms with Gasteiger partial charge in [0, 0.05) is 12.1 Å². The molecule has 0 spiro atoms. The Kier molecular flexibility index (Phi) is 2.70. The Morgan fingerprint density at radius 1 is 1.50 bits per heavy atom. The quantitative estimate of drug-likeness (QED) is 0.626. The third-order valence-electron chi connectivity index (χ3n) is 2.17. The Labute approximate surface area is 62.2 Å². The summed E-state index contributed by atoms with van der Waals surface area (Å²) in [7, 11) is 0. The third-order valence-corrected chi connectivity index (χ3v) is 2.17. The highest BCUT2D eigenvalue weighted by Gasteiger charge is 2.21. The van der Waals surface area contributed by atoms with Crippen molar-refractivity contribution in [3.8, 4) is 6.07 Å². The Bertz CT molecular complexity index is 137. The second-order valence-electron chi connectivity index (χ2n) is 2.91. The van der Waals surface area contributed by atoms with Gasteiger partial charge in [-0.25, -0.2) is 0 Å². The van der Waals surface area contributed by atoms with Crippen molar-refractivity contribution in [3.63, 3.8) is 0 Å². The Morgan fingerprint density at radius 3 is 2.70 bits per heavy atom. The van der Waals surface area contributed by atoms with E-state index in [9.17, 15) is 0 Å². The van der Waals surface area contributed by atoms with E-state index in [2.05, 4.69) is 18.3 Å². The summed E-state index contributed by atoms with van der Waals surface area (Å²) >= 11 is 0. The minimum Gasteiger partial charge on any atom is -0.310 e. The lowest BCUT2D eigenvalue weighted by Crippen LogP contribution is -2.28. The molecule has 1 saturated heterocycles. The van der Waals surface area contributed by atoms with E-state index < -0.39 is 0 Å². The van der Waals surface area contributed by atoms with Crippen LogP contribution < -0.4 is 5.32 Å². The average Bonchev–Trinajstić information content (AvgIpc) is 2.37. The molecule has 0 aliphatic carbocycles. The molecule has 2 atom stereocenters. The van der Waals surface area contributed by atoms with Gasteiger partial charge in [-0.2, -0.15) is 5.26 Å². The van der Waals surface area contributed by atoms with Gasteiger partial charge >= 0.3 is 0 Å². The molecule has 10 heavy (non-hydrogen) atoms. The first-order chi connectivity index (χ1) is 4.86. The van der Waals surface area contributed by atoms with Crippen LogP contribution in [-0.2, 0) is 0 Å². The number of hydrogen-bond donors (Lipinski definition) is 1. The summed E-state index contributed by atoms with van der Waals surface area (Å²) in [5.41, 5.74) is 0. The van der Waals surface area contributed by atoms with Gasteiger partial charge in [0.05, 0.1) is 12.5 Å². The third kappa shape index (κ3) is 1.71. The van der Waals surface area contributed by atoms with Crippen LogP contribution in [0.1, 0.15) is 32.6 Å². The van der Waals surface area contributed by atoms with Crippen molar-refractivity contribution in [2.45, 2.75) is 44.7 Å². The fourth-order valence-electron chi connectivity index (χ4n) is 1.50. The molecule has 2 nitrogen and oxygen atoms in total. The van der Waals surface area contributed by atoms with Gasteiger partial charge in [-0.05, 0) is 19.3 Å². The zero-order valence-corrected chi connectivity index (χ0v) is 6.43. The van der Waals surface area contributed by atoms with E-state index in [1.807, 2.05) is 0 Å². The maximum atomic E-state index is 8.40. The van der Waals surface area contributed by atoms with Crippen LogP contribution in [0.5, 0.6) is 0 Å². The molecular formula is C8H14N2. The first kappa shape index (κ1) is 7.56. The van der Waals surface area contributed by atoms with E-state index in [0.717, 1.165) is 0 Å². The molecule has 0 saturated carbocycles. The van der Waals surface area contributed by atoms with Gasteiger partial charge in [0.15, 0.2) is 0 Å². The summed E-state index contributed by atoms with van der Waals surface area (Å²) < 4.78 is 0. The molecule has 1 rings (SSSR count). The van der Waals surface area contributed by atoms with Gasteiger partial charge in [0.1, 0.15) is 0 Å². The molecule has 0 bridgehead atoms. The minimum atomic E-state index is 0.481. The van der Waals surface area contributed by atoms with Gasteiger partial charge in [-0.1, -0.05) is 6.92 Å². The Hall–Kier alpha value is -0.550. The van der Waals surface area contributed by atoms with Gasteiger partial charge < -0.3 is 5.32 Å². The zero-order chi connectivity index (χ0) is 7.40. The summed E-state index contributed by atoms with van der Waals surface area (Å²) in [6.07, 6.45) is 4.31. The van der Waals surface area contributed by atoms with E-state index in [4.69, 9.17) is 5.26 Å². The molecule has 1 N–H and O–H groups in total. The fourth-order valence-corrected chi connectivity index (χ4v) is 1.50. The summed E-state index contributed by atoms with van der Waals surface area (Å²) in [6.45, 7) is 2.19. The Balaban J connectivity index is 2.23. The van der Waals surface area contributed by atoms with Gasteiger partial charge in [0.25, 0.3) is 0 Å². The maximum Gasteiger partial charge on any atom is 0.0638 e. The standard InChI is InChI=1S/C8H14N2/c1-2-7-3-4-8(10-7)5-6-9/h7-8,10H,2-5H2,1H3/t7-,8+/m1/s1. The Morgan fingerprint density at radius 2 is 2.20 bits per heavy atom. The molecule has 56 valence electrons. The molecule has 0 radical (unpaired) electrons. The van der Waals surface area contributed by atoms with E-state index in [0.29, 0.717) is 18.5 Å². The van der Waals surface area contributed by atoms with Crippen molar-refractivity contribution in [1.82, 2.24) is 5.32 Å². The summed E-state index contributed by atoms with van der Waals surface area (Å²) in [5.74, 6) is 0. The molecule has 1 aliphatic rings. The molecule has 0 aromatic carbocycles. The second-order valence-corrected chi connectivity index (χ2v) is 2.91. The molecule has 0 aromatic heterocycles. The largest absolute Gasteiger partial charge is 0.310 e. The van der Waals surface area contributed by atoms with Crippen LogP contribution in [0.25, 0.3) is 0 Å². The van der Waals surface area contributed by atoms with E-state index in [1.165, 1.54) is 19.3 Å². The smallest absolute Gasteiger partial charge is 0.0638 e. The van der Waals surface area contributed by atoms with E-state index in [1.54, 1.807) is 0 Å². The normalized spacial score (nSPS) is 32.0. The average molecular weight is 138 g/mol. The zero-order valence-electron chi connectivity index (χ0n) is 6.43. The number of hydrogen-bond acceptors (Lipinski definition) is 2. The van der Waals surface area contributed by atoms with Crippen molar-refractivity contribution in [1.29, 1.82) is 5.26 Å². The molecule has 2 heteroatoms. The van der Waals surface area contributed by atoms with Crippen molar-refractivity contribution >= 4 is 0 Å². The number of nitrogens with one attached hydrogen (secondary N) is 1. The highest BCUT2D eigenvalue weighted by Crippen LogP contribution is 2.16. The molecule has 0 unspecified atom stereocenters. The van der Waals surface area contributed by atoms with Crippen LogP contribution in [0.2, 0.25) is 0 Å². The topological polar surface area (TPSA) is 35.8 Å². The predicted octanol–water partition coefficient (Wildman–Crippen LogP) is 1.43. The lowest BCUT2D eigenvalue weighted by atomic mass is 10.1. The van der Waals surface area contributed by atoms with Crippen LogP contribution in [0.4, 0.5) is 0 Å². The van der Waals surface area contributed by atoms with Gasteiger partial charge in [-0.3, -0.25) is 0 Å². The SMILES string of the molecule is CC[C@@H]1CC[C@@H](CC#N)N1. The van der Waals surface area contributed by atoms with Gasteiger partial charge in [0.2, 0.25) is 0 Å².